The monoisotopic (exact) mass is 1110 g/mol. The zero-order valence-corrected chi connectivity index (χ0v) is 52.8. The van der Waals surface area contributed by atoms with E-state index in [1.54, 1.807) is 0 Å². The molecule has 0 spiro atoms. The Morgan fingerprint density at radius 1 is 0.263 bits per heavy atom. The van der Waals surface area contributed by atoms with Crippen molar-refractivity contribution in [1.29, 1.82) is 0 Å². The summed E-state index contributed by atoms with van der Waals surface area (Å²) in [5, 5.41) is 0. The molecule has 0 amide bonds. The van der Waals surface area contributed by atoms with Crippen LogP contribution in [0.2, 0.25) is 0 Å². The van der Waals surface area contributed by atoms with Crippen LogP contribution in [0, 0.1) is 0 Å². The molecule has 0 aliphatic rings. The highest BCUT2D eigenvalue weighted by molar-refractivity contribution is 5.71. The Morgan fingerprint density at radius 2 is 0.487 bits per heavy atom. The van der Waals surface area contributed by atoms with E-state index >= 15 is 0 Å². The first kappa shape index (κ1) is 76.3. The molecule has 0 aliphatic carbocycles. The number of hydrogen-bond acceptors (Lipinski definition) is 6. The predicted molar refractivity (Wildman–Crippen MR) is 348 cm³/mol. The van der Waals surface area contributed by atoms with Gasteiger partial charge in [-0.2, -0.15) is 0 Å². The summed E-state index contributed by atoms with van der Waals surface area (Å²) < 4.78 is 16.8. The number of carbonyl (C=O) groups is 3. The second kappa shape index (κ2) is 67.8. The van der Waals surface area contributed by atoms with E-state index in [4.69, 9.17) is 14.2 Å². The van der Waals surface area contributed by atoms with Gasteiger partial charge in [-0.25, -0.2) is 0 Å². The van der Waals surface area contributed by atoms with E-state index in [9.17, 15) is 14.4 Å². The molecule has 0 aromatic carbocycles. The van der Waals surface area contributed by atoms with Crippen molar-refractivity contribution < 1.29 is 28.6 Å². The van der Waals surface area contributed by atoms with Crippen LogP contribution in [0.1, 0.15) is 335 Å². The van der Waals surface area contributed by atoms with E-state index < -0.39 is 6.10 Å². The molecule has 1 atom stereocenters. The number of carbonyl (C=O) groups excluding carboxylic acids is 3. The van der Waals surface area contributed by atoms with Crippen molar-refractivity contribution in [2.75, 3.05) is 13.2 Å². The van der Waals surface area contributed by atoms with E-state index in [1.807, 2.05) is 0 Å². The third-order valence-electron chi connectivity index (χ3n) is 14.9. The highest BCUT2D eigenvalue weighted by Gasteiger charge is 2.19. The Labute approximate surface area is 496 Å². The van der Waals surface area contributed by atoms with Crippen molar-refractivity contribution in [1.82, 2.24) is 0 Å². The molecule has 0 radical (unpaired) electrons. The second-order valence-electron chi connectivity index (χ2n) is 22.7. The molecule has 0 rings (SSSR count). The van der Waals surface area contributed by atoms with Crippen LogP contribution in [0.3, 0.4) is 0 Å². The van der Waals surface area contributed by atoms with Crippen molar-refractivity contribution in [2.24, 2.45) is 0 Å². The zero-order valence-electron chi connectivity index (χ0n) is 52.8. The minimum Gasteiger partial charge on any atom is -0.462 e. The number of hydrogen-bond donors (Lipinski definition) is 0. The molecule has 0 aromatic rings. The molecule has 460 valence electrons. The van der Waals surface area contributed by atoms with Crippen molar-refractivity contribution in [3.05, 3.63) is 97.2 Å². The average Bonchev–Trinajstić information content (AvgIpc) is 3.46. The smallest absolute Gasteiger partial charge is 0.306 e. The van der Waals surface area contributed by atoms with E-state index in [1.165, 1.54) is 173 Å². The standard InChI is InChI=1S/C74H128O6/c1-4-7-10-13-16-18-20-22-24-26-28-30-32-34-36-37-38-40-41-43-45-47-49-51-53-55-58-61-64-67-73(76)79-70-71(69-78-72(75)66-63-60-57-15-12-9-6-3)80-74(77)68-65-62-59-56-54-52-50-48-46-44-42-39-35-33-31-29-27-25-23-21-19-17-14-11-8-5-2/h7,10,16,18,22,24,28,30,34,36,38,40,43,45,49,51,71H,4-6,8-9,11-15,17,19-21,23,25-27,29,31-33,35,37,39,41-42,44,46-48,50,52-70H2,1-3H3/b10-7-,18-16-,24-22-,30-28-,36-34-,40-38-,45-43-,51-49-. The number of rotatable bonds is 62. The largest absolute Gasteiger partial charge is 0.462 e. The fourth-order valence-corrected chi connectivity index (χ4v) is 9.76. The van der Waals surface area contributed by atoms with Gasteiger partial charge in [-0.15, -0.1) is 0 Å². The number of esters is 3. The summed E-state index contributed by atoms with van der Waals surface area (Å²) >= 11 is 0. The molecule has 80 heavy (non-hydrogen) atoms. The van der Waals surface area contributed by atoms with Crippen molar-refractivity contribution >= 4 is 17.9 Å². The lowest BCUT2D eigenvalue weighted by atomic mass is 10.0. The summed E-state index contributed by atoms with van der Waals surface area (Å²) in [4.78, 5) is 38.1. The van der Waals surface area contributed by atoms with Crippen molar-refractivity contribution in [3.8, 4) is 0 Å². The maximum Gasteiger partial charge on any atom is 0.306 e. The zero-order chi connectivity index (χ0) is 57.8. The van der Waals surface area contributed by atoms with E-state index in [0.717, 1.165) is 122 Å². The van der Waals surface area contributed by atoms with Crippen molar-refractivity contribution in [3.63, 3.8) is 0 Å². The molecule has 1 unspecified atom stereocenters. The summed E-state index contributed by atoms with van der Waals surface area (Å²) in [6.07, 6.45) is 91.7. The minimum absolute atomic E-state index is 0.0827. The van der Waals surface area contributed by atoms with Crippen LogP contribution in [0.5, 0.6) is 0 Å². The predicted octanol–water partition coefficient (Wildman–Crippen LogP) is 23.6. The molecule has 0 bridgehead atoms. The van der Waals surface area contributed by atoms with Gasteiger partial charge < -0.3 is 14.2 Å². The molecular weight excluding hydrogens is 985 g/mol. The first-order chi connectivity index (χ1) is 39.5. The Balaban J connectivity index is 4.16. The molecule has 0 aliphatic heterocycles. The van der Waals surface area contributed by atoms with Crippen LogP contribution in [-0.4, -0.2) is 37.2 Å². The van der Waals surface area contributed by atoms with Crippen LogP contribution in [-0.2, 0) is 28.6 Å². The molecule has 6 nitrogen and oxygen atoms in total. The lowest BCUT2D eigenvalue weighted by molar-refractivity contribution is -0.167. The maximum absolute atomic E-state index is 12.9. The number of ether oxygens (including phenoxy) is 3. The number of allylic oxidation sites excluding steroid dienone is 16. The van der Waals surface area contributed by atoms with Gasteiger partial charge in [-0.1, -0.05) is 330 Å². The molecule has 0 fully saturated rings. The molecule has 0 aromatic heterocycles. The highest BCUT2D eigenvalue weighted by Crippen LogP contribution is 2.18. The summed E-state index contributed by atoms with van der Waals surface area (Å²) in [5.74, 6) is -0.902. The van der Waals surface area contributed by atoms with Gasteiger partial charge in [0.1, 0.15) is 13.2 Å². The van der Waals surface area contributed by atoms with Gasteiger partial charge in [-0.3, -0.25) is 14.4 Å². The Kier molecular flexibility index (Phi) is 64.7. The van der Waals surface area contributed by atoms with Gasteiger partial charge in [0.2, 0.25) is 0 Å². The first-order valence-corrected chi connectivity index (χ1v) is 34.2. The summed E-state index contributed by atoms with van der Waals surface area (Å²) in [6, 6.07) is 0. The summed E-state index contributed by atoms with van der Waals surface area (Å²) in [5.41, 5.74) is 0. The van der Waals surface area contributed by atoms with E-state index in [2.05, 4.69) is 118 Å². The highest BCUT2D eigenvalue weighted by atomic mass is 16.6. The third-order valence-corrected chi connectivity index (χ3v) is 14.9. The second-order valence-corrected chi connectivity index (χ2v) is 22.7. The molecule has 0 saturated carbocycles. The lowest BCUT2D eigenvalue weighted by Gasteiger charge is -2.18. The fourth-order valence-electron chi connectivity index (χ4n) is 9.76. The first-order valence-electron chi connectivity index (χ1n) is 34.2. The van der Waals surface area contributed by atoms with Crippen LogP contribution in [0.4, 0.5) is 0 Å². The van der Waals surface area contributed by atoms with Gasteiger partial charge in [0.05, 0.1) is 0 Å². The van der Waals surface area contributed by atoms with Gasteiger partial charge in [-0.05, 0) is 83.5 Å². The van der Waals surface area contributed by atoms with Crippen LogP contribution in [0.25, 0.3) is 0 Å². The van der Waals surface area contributed by atoms with Crippen LogP contribution < -0.4 is 0 Å². The topological polar surface area (TPSA) is 78.9 Å². The average molecular weight is 1110 g/mol. The quantitative estimate of drug-likeness (QED) is 0.0261. The van der Waals surface area contributed by atoms with Gasteiger partial charge >= 0.3 is 17.9 Å². The van der Waals surface area contributed by atoms with Gasteiger partial charge in [0.15, 0.2) is 6.10 Å². The van der Waals surface area contributed by atoms with Crippen LogP contribution >= 0.6 is 0 Å². The molecular formula is C74H128O6. The van der Waals surface area contributed by atoms with Gasteiger partial charge in [0.25, 0.3) is 0 Å². The van der Waals surface area contributed by atoms with Crippen molar-refractivity contribution in [2.45, 2.75) is 341 Å². The SMILES string of the molecule is CC/C=C\C/C=C\C/C=C\C/C=C\C/C=C\C/C=C\C/C=C\C/C=C\CCCCCCC(=O)OCC(COC(=O)CCCCCCCCC)OC(=O)CCCCCCCCCCCCCCCCCCCCCCCCCCCC. The fraction of sp³-hybridized carbons (Fsp3) is 0.743. The van der Waals surface area contributed by atoms with E-state index in [-0.39, 0.29) is 31.1 Å². The normalized spacial score (nSPS) is 12.7. The maximum atomic E-state index is 12.9. The molecule has 0 N–H and O–H groups in total. The van der Waals surface area contributed by atoms with Gasteiger partial charge in [0, 0.05) is 19.3 Å². The van der Waals surface area contributed by atoms with E-state index in [0.29, 0.717) is 19.3 Å². The molecule has 0 saturated heterocycles. The number of unbranched alkanes of at least 4 members (excludes halogenated alkanes) is 35. The van der Waals surface area contributed by atoms with Crippen LogP contribution in [0.15, 0.2) is 97.2 Å². The third kappa shape index (κ3) is 65.1. The summed E-state index contributed by atoms with van der Waals surface area (Å²) in [6.45, 7) is 6.50. The Hall–Kier alpha value is -3.67. The molecule has 0 heterocycles. The lowest BCUT2D eigenvalue weighted by Crippen LogP contribution is -2.30. The summed E-state index contributed by atoms with van der Waals surface area (Å²) in [7, 11) is 0. The minimum atomic E-state index is -0.785. The Bertz CT molecular complexity index is 1560. The Morgan fingerprint density at radius 3 is 0.762 bits per heavy atom. The molecule has 6 heteroatoms.